The third-order valence-electron chi connectivity index (χ3n) is 6.82. The maximum Gasteiger partial charge on any atom is 0.318 e. The smallest absolute Gasteiger partial charge is 0.318 e. The third kappa shape index (κ3) is 4.42. The van der Waals surface area contributed by atoms with Gasteiger partial charge in [0.25, 0.3) is 0 Å². The molecule has 36 heavy (non-hydrogen) atoms. The topological polar surface area (TPSA) is 141 Å². The summed E-state index contributed by atoms with van der Waals surface area (Å²) < 4.78 is 0.943. The second-order valence-corrected chi connectivity index (χ2v) is 9.84. The van der Waals surface area contributed by atoms with Crippen LogP contribution in [0.3, 0.4) is 0 Å². The minimum atomic E-state index is -1.43. The van der Waals surface area contributed by atoms with Gasteiger partial charge in [-0.3, -0.25) is 10.1 Å². The Morgan fingerprint density at radius 1 is 1.42 bits per heavy atom. The minimum absolute atomic E-state index is 0.340. The number of anilines is 1. The van der Waals surface area contributed by atoms with Gasteiger partial charge < -0.3 is 25.5 Å². The number of carbonyl (C=O) groups is 2. The summed E-state index contributed by atoms with van der Waals surface area (Å²) in [5.41, 5.74) is 3.51. The SMILES string of the molecule is CCNC(=O)NC1(C2CNCCC2(C)C(=O)O)N=CC=CN1c1cc(/C(C)=N/OC)c2scnc2c1. The second kappa shape index (κ2) is 10.2. The Balaban J connectivity index is 1.93. The van der Waals surface area contributed by atoms with Crippen LogP contribution in [0.2, 0.25) is 0 Å². The molecule has 11 nitrogen and oxygen atoms in total. The Morgan fingerprint density at radius 3 is 2.94 bits per heavy atom. The van der Waals surface area contributed by atoms with Gasteiger partial charge in [0.05, 0.1) is 32.8 Å². The molecule has 4 N–H and O–H groups in total. The van der Waals surface area contributed by atoms with Gasteiger partial charge in [0.2, 0.25) is 5.79 Å². The lowest BCUT2D eigenvalue weighted by Gasteiger charge is -2.52. The lowest BCUT2D eigenvalue weighted by atomic mass is 9.68. The normalized spacial score (nSPS) is 26.2. The van der Waals surface area contributed by atoms with Crippen molar-refractivity contribution in [3.63, 3.8) is 0 Å². The fraction of sp³-hybridized carbons (Fsp3) is 0.458. The van der Waals surface area contributed by atoms with E-state index >= 15 is 0 Å². The number of carboxylic acids is 1. The zero-order valence-electron chi connectivity index (χ0n) is 20.7. The monoisotopic (exact) mass is 513 g/mol. The molecule has 12 heteroatoms. The summed E-state index contributed by atoms with van der Waals surface area (Å²) >= 11 is 1.49. The van der Waals surface area contributed by atoms with Crippen molar-refractivity contribution in [1.82, 2.24) is 20.9 Å². The molecule has 2 aliphatic heterocycles. The average Bonchev–Trinajstić information content (AvgIpc) is 3.33. The highest BCUT2D eigenvalue weighted by Gasteiger charge is 2.57. The number of nitrogens with one attached hydrogen (secondary N) is 3. The number of nitrogens with zero attached hydrogens (tertiary/aromatic N) is 4. The number of fused-ring (bicyclic) bond motifs is 1. The molecule has 0 radical (unpaired) electrons. The van der Waals surface area contributed by atoms with Crippen LogP contribution in [0.25, 0.3) is 10.2 Å². The summed E-state index contributed by atoms with van der Waals surface area (Å²) in [6.45, 7) is 6.68. The lowest BCUT2D eigenvalue weighted by molar-refractivity contribution is -0.155. The number of benzene rings is 1. The summed E-state index contributed by atoms with van der Waals surface area (Å²) in [7, 11) is 1.49. The molecule has 2 amide bonds. The fourth-order valence-electron chi connectivity index (χ4n) is 4.93. The first-order valence-electron chi connectivity index (χ1n) is 11.7. The van der Waals surface area contributed by atoms with E-state index in [4.69, 9.17) is 9.83 Å². The molecule has 0 bridgehead atoms. The number of hydrogen-bond donors (Lipinski definition) is 4. The largest absolute Gasteiger partial charge is 0.481 e. The predicted octanol–water partition coefficient (Wildman–Crippen LogP) is 2.74. The van der Waals surface area contributed by atoms with E-state index in [0.717, 1.165) is 15.8 Å². The van der Waals surface area contributed by atoms with Crippen LogP contribution < -0.4 is 20.9 Å². The standard InChI is InChI=1S/C24H31N7O4S/c1-5-26-22(34)29-24(19-13-25-9-7-23(19,3)21(32)33)28-8-6-10-31(24)16-11-17(15(2)30-35-4)20-18(12-16)27-14-36-20/h6,8,10-12,14,19,25H,5,7,9,13H2,1-4H3,(H,32,33)(H2,26,29,34)/b30-15+. The summed E-state index contributed by atoms with van der Waals surface area (Å²) in [4.78, 5) is 41.7. The van der Waals surface area contributed by atoms with Gasteiger partial charge in [-0.2, -0.15) is 0 Å². The van der Waals surface area contributed by atoms with Crippen molar-refractivity contribution in [3.8, 4) is 0 Å². The number of amides is 2. The number of urea groups is 1. The zero-order valence-corrected chi connectivity index (χ0v) is 21.6. The van der Waals surface area contributed by atoms with Crippen molar-refractivity contribution in [1.29, 1.82) is 0 Å². The molecule has 2 aliphatic rings. The number of aliphatic carboxylic acids is 1. The van der Waals surface area contributed by atoms with Crippen LogP contribution in [0.15, 0.2) is 40.1 Å². The highest BCUT2D eigenvalue weighted by atomic mass is 32.1. The number of rotatable bonds is 7. The summed E-state index contributed by atoms with van der Waals surface area (Å²) in [5.74, 6) is -2.99. The zero-order chi connectivity index (χ0) is 25.9. The van der Waals surface area contributed by atoms with Crippen LogP contribution in [0, 0.1) is 11.3 Å². The van der Waals surface area contributed by atoms with Crippen LogP contribution >= 0.6 is 11.3 Å². The van der Waals surface area contributed by atoms with E-state index in [-0.39, 0.29) is 0 Å². The van der Waals surface area contributed by atoms with Crippen molar-refractivity contribution in [2.24, 2.45) is 21.5 Å². The first-order chi connectivity index (χ1) is 17.3. The van der Waals surface area contributed by atoms with Gasteiger partial charge in [-0.05, 0) is 51.9 Å². The van der Waals surface area contributed by atoms with Gasteiger partial charge in [-0.1, -0.05) is 5.16 Å². The first kappa shape index (κ1) is 25.6. The van der Waals surface area contributed by atoms with E-state index in [0.29, 0.717) is 37.5 Å². The number of carbonyl (C=O) groups excluding carboxylic acids is 1. The Labute approximate surface area is 213 Å². The van der Waals surface area contributed by atoms with Gasteiger partial charge in [0, 0.05) is 36.8 Å². The second-order valence-electron chi connectivity index (χ2n) is 8.98. The maximum atomic E-state index is 13.0. The van der Waals surface area contributed by atoms with Crippen LogP contribution in [-0.4, -0.2) is 66.5 Å². The first-order valence-corrected chi connectivity index (χ1v) is 12.6. The van der Waals surface area contributed by atoms with Gasteiger partial charge in [0.15, 0.2) is 0 Å². The minimum Gasteiger partial charge on any atom is -0.481 e. The third-order valence-corrected chi connectivity index (χ3v) is 7.70. The highest BCUT2D eigenvalue weighted by molar-refractivity contribution is 7.17. The molecule has 1 aromatic carbocycles. The quantitative estimate of drug-likeness (QED) is 0.330. The Morgan fingerprint density at radius 2 is 2.22 bits per heavy atom. The van der Waals surface area contributed by atoms with Crippen LogP contribution in [0.1, 0.15) is 32.8 Å². The number of aliphatic imine (C=N–C) groups is 1. The number of aromatic nitrogens is 1. The summed E-state index contributed by atoms with van der Waals surface area (Å²) in [6.07, 6.45) is 5.54. The van der Waals surface area contributed by atoms with E-state index in [9.17, 15) is 14.7 Å². The lowest BCUT2D eigenvalue weighted by Crippen LogP contribution is -2.71. The molecule has 192 valence electrons. The Hall–Kier alpha value is -3.51. The van der Waals surface area contributed by atoms with Gasteiger partial charge in [-0.15, -0.1) is 11.3 Å². The van der Waals surface area contributed by atoms with E-state index in [1.54, 1.807) is 30.9 Å². The van der Waals surface area contributed by atoms with Crippen molar-refractivity contribution >= 4 is 51.2 Å². The number of oxime groups is 1. The van der Waals surface area contributed by atoms with Crippen molar-refractivity contribution in [2.75, 3.05) is 31.6 Å². The summed E-state index contributed by atoms with van der Waals surface area (Å²) in [5, 5.41) is 23.5. The summed E-state index contributed by atoms with van der Waals surface area (Å²) in [6, 6.07) is 3.40. The van der Waals surface area contributed by atoms with Gasteiger partial charge >= 0.3 is 12.0 Å². The molecule has 3 heterocycles. The van der Waals surface area contributed by atoms with E-state index in [2.05, 4.69) is 26.1 Å². The molecule has 4 rings (SSSR count). The molecule has 1 fully saturated rings. The predicted molar refractivity (Wildman–Crippen MR) is 141 cm³/mol. The van der Waals surface area contributed by atoms with Gasteiger partial charge in [-0.25, -0.2) is 14.8 Å². The van der Waals surface area contributed by atoms with Crippen LogP contribution in [-0.2, 0) is 9.63 Å². The highest BCUT2D eigenvalue weighted by Crippen LogP contribution is 2.45. The molecule has 3 atom stereocenters. The van der Waals surface area contributed by atoms with Crippen LogP contribution in [0.5, 0.6) is 0 Å². The Bertz CT molecular complexity index is 1240. The molecular formula is C24H31N7O4S. The molecule has 0 aliphatic carbocycles. The molecule has 1 aromatic heterocycles. The molecular weight excluding hydrogens is 482 g/mol. The number of carboxylic acid groups (broad SMARTS) is 1. The number of allylic oxidation sites excluding steroid dienone is 1. The molecule has 0 saturated carbocycles. The Kier molecular flexibility index (Phi) is 7.27. The molecule has 0 spiro atoms. The number of hydrogen-bond acceptors (Lipinski definition) is 9. The fourth-order valence-corrected chi connectivity index (χ4v) is 5.77. The van der Waals surface area contributed by atoms with Crippen molar-refractivity contribution in [3.05, 3.63) is 35.5 Å². The van der Waals surface area contributed by atoms with Crippen molar-refractivity contribution in [2.45, 2.75) is 33.0 Å². The van der Waals surface area contributed by atoms with Crippen molar-refractivity contribution < 1.29 is 19.5 Å². The number of thiazole rings is 1. The number of piperidine rings is 1. The molecule has 2 aromatic rings. The van der Waals surface area contributed by atoms with Crippen LogP contribution in [0.4, 0.5) is 10.5 Å². The average molecular weight is 514 g/mol. The molecule has 1 saturated heterocycles. The van der Waals surface area contributed by atoms with E-state index < -0.39 is 29.1 Å². The van der Waals surface area contributed by atoms with E-state index in [1.807, 2.05) is 30.9 Å². The maximum absolute atomic E-state index is 13.0. The van der Waals surface area contributed by atoms with E-state index in [1.165, 1.54) is 18.4 Å². The van der Waals surface area contributed by atoms with Gasteiger partial charge in [0.1, 0.15) is 7.11 Å². The molecule has 3 unspecified atom stereocenters.